The first-order valence-electron chi connectivity index (χ1n) is 8.36. The van der Waals surface area contributed by atoms with Crippen molar-refractivity contribution in [2.75, 3.05) is 18.0 Å². The van der Waals surface area contributed by atoms with Gasteiger partial charge in [0.1, 0.15) is 5.82 Å². The van der Waals surface area contributed by atoms with Gasteiger partial charge in [0.25, 0.3) is 0 Å². The minimum Gasteiger partial charge on any atom is -0.355 e. The molecule has 1 atom stereocenters. The van der Waals surface area contributed by atoms with E-state index >= 15 is 0 Å². The van der Waals surface area contributed by atoms with Gasteiger partial charge < -0.3 is 10.2 Å². The molecule has 1 aliphatic heterocycles. The fourth-order valence-electron chi connectivity index (χ4n) is 3.23. The number of aromatic nitrogens is 1. The highest BCUT2D eigenvalue weighted by Crippen LogP contribution is 2.22. The van der Waals surface area contributed by atoms with Crippen molar-refractivity contribution >= 4 is 28.3 Å². The van der Waals surface area contributed by atoms with Crippen LogP contribution in [0.5, 0.6) is 0 Å². The number of pyridine rings is 1. The molecule has 0 aliphatic carbocycles. The average Bonchev–Trinajstić information content (AvgIpc) is 3.10. The van der Waals surface area contributed by atoms with Crippen molar-refractivity contribution in [3.05, 3.63) is 71.2 Å². The lowest BCUT2D eigenvalue weighted by atomic mass is 10.2. The van der Waals surface area contributed by atoms with E-state index in [1.807, 2.05) is 18.2 Å². The molecular weight excluding hydrogens is 318 g/mol. The van der Waals surface area contributed by atoms with Gasteiger partial charge in [0.2, 0.25) is 0 Å². The third kappa shape index (κ3) is 3.37. The SMILES string of the molecule is Clc1ccc(CNC2CCN(c3ccc4ccccc4n3)C2)cc1. The second-order valence-corrected chi connectivity index (χ2v) is 6.74. The standard InChI is InChI=1S/C20H20ClN3/c21-17-8-5-15(6-9-17)13-22-18-11-12-24(14-18)20-10-7-16-3-1-2-4-19(16)23-20/h1-10,18,22H,11-14H2. The number of halogens is 1. The summed E-state index contributed by atoms with van der Waals surface area (Å²) in [5.41, 5.74) is 2.33. The Bertz CT molecular complexity index is 832. The van der Waals surface area contributed by atoms with Crippen LogP contribution in [0.2, 0.25) is 5.02 Å². The number of rotatable bonds is 4. The van der Waals surface area contributed by atoms with Crippen LogP contribution in [0.25, 0.3) is 10.9 Å². The summed E-state index contributed by atoms with van der Waals surface area (Å²) < 4.78 is 0. The highest BCUT2D eigenvalue weighted by molar-refractivity contribution is 6.30. The van der Waals surface area contributed by atoms with Gasteiger partial charge in [0.05, 0.1) is 5.52 Å². The fourth-order valence-corrected chi connectivity index (χ4v) is 3.36. The van der Waals surface area contributed by atoms with E-state index in [0.29, 0.717) is 6.04 Å². The fraction of sp³-hybridized carbons (Fsp3) is 0.250. The number of nitrogens with one attached hydrogen (secondary N) is 1. The van der Waals surface area contributed by atoms with E-state index in [2.05, 4.69) is 52.7 Å². The molecule has 4 rings (SSSR count). The molecule has 1 aliphatic rings. The molecule has 3 aromatic rings. The van der Waals surface area contributed by atoms with Gasteiger partial charge in [-0.3, -0.25) is 0 Å². The van der Waals surface area contributed by atoms with Crippen LogP contribution in [0.3, 0.4) is 0 Å². The predicted octanol–water partition coefficient (Wildman–Crippen LogP) is 4.26. The number of hydrogen-bond acceptors (Lipinski definition) is 3. The highest BCUT2D eigenvalue weighted by atomic mass is 35.5. The lowest BCUT2D eigenvalue weighted by Gasteiger charge is -2.18. The Labute approximate surface area is 147 Å². The molecule has 2 aromatic carbocycles. The Morgan fingerprint density at radius 3 is 2.75 bits per heavy atom. The Hall–Kier alpha value is -2.10. The van der Waals surface area contributed by atoms with E-state index in [1.165, 1.54) is 10.9 Å². The molecule has 1 saturated heterocycles. The number of anilines is 1. The number of para-hydroxylation sites is 1. The molecule has 0 saturated carbocycles. The minimum atomic E-state index is 0.494. The van der Waals surface area contributed by atoms with Crippen LogP contribution in [0.4, 0.5) is 5.82 Å². The van der Waals surface area contributed by atoms with Crippen molar-refractivity contribution in [3.63, 3.8) is 0 Å². The van der Waals surface area contributed by atoms with Crippen molar-refractivity contribution in [3.8, 4) is 0 Å². The van der Waals surface area contributed by atoms with Crippen molar-refractivity contribution in [2.24, 2.45) is 0 Å². The van der Waals surface area contributed by atoms with Crippen molar-refractivity contribution < 1.29 is 0 Å². The molecule has 1 N–H and O–H groups in total. The quantitative estimate of drug-likeness (QED) is 0.771. The van der Waals surface area contributed by atoms with Crippen molar-refractivity contribution in [1.29, 1.82) is 0 Å². The van der Waals surface area contributed by atoms with Gasteiger partial charge in [-0.25, -0.2) is 4.98 Å². The molecule has 0 spiro atoms. The van der Waals surface area contributed by atoms with E-state index in [0.717, 1.165) is 42.4 Å². The number of benzene rings is 2. The summed E-state index contributed by atoms with van der Waals surface area (Å²) in [5, 5.41) is 5.62. The number of hydrogen-bond donors (Lipinski definition) is 1. The van der Waals surface area contributed by atoms with Crippen molar-refractivity contribution in [2.45, 2.75) is 19.0 Å². The first-order chi connectivity index (χ1) is 11.8. The predicted molar refractivity (Wildman–Crippen MR) is 101 cm³/mol. The van der Waals surface area contributed by atoms with Gasteiger partial charge in [-0.05, 0) is 42.3 Å². The molecule has 24 heavy (non-hydrogen) atoms. The Kier molecular flexibility index (Phi) is 4.37. The molecule has 1 unspecified atom stereocenters. The van der Waals surface area contributed by atoms with Crippen LogP contribution in [0.1, 0.15) is 12.0 Å². The summed E-state index contributed by atoms with van der Waals surface area (Å²) in [6, 6.07) is 21.1. The smallest absolute Gasteiger partial charge is 0.129 e. The van der Waals surface area contributed by atoms with Gasteiger partial charge in [0.15, 0.2) is 0 Å². The van der Waals surface area contributed by atoms with E-state index in [1.54, 1.807) is 0 Å². The van der Waals surface area contributed by atoms with Crippen LogP contribution >= 0.6 is 11.6 Å². The Morgan fingerprint density at radius 1 is 1.04 bits per heavy atom. The maximum atomic E-state index is 5.93. The van der Waals surface area contributed by atoms with Gasteiger partial charge >= 0.3 is 0 Å². The topological polar surface area (TPSA) is 28.2 Å². The molecule has 0 radical (unpaired) electrons. The number of fused-ring (bicyclic) bond motifs is 1. The molecule has 0 amide bonds. The zero-order valence-electron chi connectivity index (χ0n) is 13.5. The summed E-state index contributed by atoms with van der Waals surface area (Å²) >= 11 is 5.93. The van der Waals surface area contributed by atoms with Crippen LogP contribution < -0.4 is 10.2 Å². The molecule has 1 aromatic heterocycles. The minimum absolute atomic E-state index is 0.494. The van der Waals surface area contributed by atoms with E-state index in [4.69, 9.17) is 16.6 Å². The van der Waals surface area contributed by atoms with Gasteiger partial charge in [0, 0.05) is 36.1 Å². The van der Waals surface area contributed by atoms with Crippen LogP contribution in [0, 0.1) is 0 Å². The first kappa shape index (κ1) is 15.4. The molecule has 4 heteroatoms. The maximum Gasteiger partial charge on any atom is 0.129 e. The Morgan fingerprint density at radius 2 is 1.88 bits per heavy atom. The summed E-state index contributed by atoms with van der Waals surface area (Å²) in [4.78, 5) is 7.17. The van der Waals surface area contributed by atoms with Crippen molar-refractivity contribution in [1.82, 2.24) is 10.3 Å². The molecule has 2 heterocycles. The lowest BCUT2D eigenvalue weighted by molar-refractivity contribution is 0.551. The molecular formula is C20H20ClN3. The normalized spacial score (nSPS) is 17.5. The average molecular weight is 338 g/mol. The summed E-state index contributed by atoms with van der Waals surface area (Å²) in [6.07, 6.45) is 1.14. The van der Waals surface area contributed by atoms with Gasteiger partial charge in [-0.1, -0.05) is 41.9 Å². The van der Waals surface area contributed by atoms with Gasteiger partial charge in [-0.15, -0.1) is 0 Å². The lowest BCUT2D eigenvalue weighted by Crippen LogP contribution is -2.32. The largest absolute Gasteiger partial charge is 0.355 e. The zero-order valence-corrected chi connectivity index (χ0v) is 14.2. The molecule has 3 nitrogen and oxygen atoms in total. The molecule has 1 fully saturated rings. The molecule has 122 valence electrons. The third-order valence-electron chi connectivity index (χ3n) is 4.60. The van der Waals surface area contributed by atoms with Gasteiger partial charge in [-0.2, -0.15) is 0 Å². The van der Waals surface area contributed by atoms with Crippen LogP contribution in [0.15, 0.2) is 60.7 Å². The summed E-state index contributed by atoms with van der Waals surface area (Å²) in [7, 11) is 0. The van der Waals surface area contributed by atoms with E-state index in [9.17, 15) is 0 Å². The maximum absolute atomic E-state index is 5.93. The number of nitrogens with zero attached hydrogens (tertiary/aromatic N) is 2. The zero-order chi connectivity index (χ0) is 16.4. The summed E-state index contributed by atoms with van der Waals surface area (Å²) in [6.45, 7) is 2.92. The Balaban J connectivity index is 1.39. The monoisotopic (exact) mass is 337 g/mol. The highest BCUT2D eigenvalue weighted by Gasteiger charge is 2.23. The summed E-state index contributed by atoms with van der Waals surface area (Å²) in [5.74, 6) is 1.07. The van der Waals surface area contributed by atoms with Crippen LogP contribution in [-0.2, 0) is 6.54 Å². The molecule has 0 bridgehead atoms. The van der Waals surface area contributed by atoms with E-state index in [-0.39, 0.29) is 0 Å². The third-order valence-corrected chi connectivity index (χ3v) is 4.86. The van der Waals surface area contributed by atoms with E-state index < -0.39 is 0 Å². The second-order valence-electron chi connectivity index (χ2n) is 6.30. The first-order valence-corrected chi connectivity index (χ1v) is 8.74. The second kappa shape index (κ2) is 6.80. The van der Waals surface area contributed by atoms with Crippen LogP contribution in [-0.4, -0.2) is 24.1 Å².